The molecule has 0 fully saturated rings. The fourth-order valence-corrected chi connectivity index (χ4v) is 4.70. The van der Waals surface area contributed by atoms with E-state index >= 15 is 0 Å². The average molecular weight is 495 g/mol. The number of aromatic nitrogens is 2. The lowest BCUT2D eigenvalue weighted by molar-refractivity contribution is 0.174. The van der Waals surface area contributed by atoms with Crippen LogP contribution < -0.4 is 14.8 Å². The Morgan fingerprint density at radius 1 is 0.973 bits per heavy atom. The minimum Gasteiger partial charge on any atom is -0.454 e. The lowest BCUT2D eigenvalue weighted by Gasteiger charge is -2.35. The molecule has 1 atom stereocenters. The molecule has 1 N–H and O–H groups in total. The van der Waals surface area contributed by atoms with E-state index in [4.69, 9.17) is 19.0 Å². The molecule has 4 aromatic rings. The van der Waals surface area contributed by atoms with Gasteiger partial charge in [-0.05, 0) is 42.2 Å². The van der Waals surface area contributed by atoms with Gasteiger partial charge >= 0.3 is 6.03 Å². The van der Waals surface area contributed by atoms with Gasteiger partial charge in [0.1, 0.15) is 0 Å². The van der Waals surface area contributed by atoms with E-state index in [-0.39, 0.29) is 12.8 Å². The molecular weight excluding hydrogens is 468 g/mol. The molecule has 8 heteroatoms. The van der Waals surface area contributed by atoms with Crippen LogP contribution in [-0.4, -0.2) is 27.9 Å². The summed E-state index contributed by atoms with van der Waals surface area (Å²) in [6, 6.07) is 23.0. The van der Waals surface area contributed by atoms with Crippen molar-refractivity contribution in [2.75, 3.05) is 6.79 Å². The predicted molar refractivity (Wildman–Crippen MR) is 138 cm³/mol. The van der Waals surface area contributed by atoms with Crippen LogP contribution >= 0.6 is 0 Å². The number of ether oxygens (including phenoxy) is 2. The number of nitrogens with zero attached hydrogens (tertiary/aromatic N) is 3. The van der Waals surface area contributed by atoms with E-state index in [2.05, 4.69) is 29.5 Å². The number of carbonyl (C=O) groups is 1. The molecule has 2 aliphatic heterocycles. The third-order valence-corrected chi connectivity index (χ3v) is 6.78. The van der Waals surface area contributed by atoms with Crippen LogP contribution in [0.25, 0.3) is 17.0 Å². The molecule has 37 heavy (non-hydrogen) atoms. The van der Waals surface area contributed by atoms with Crippen molar-refractivity contribution in [2.45, 2.75) is 32.9 Å². The topological polar surface area (TPSA) is 89.7 Å². The molecule has 0 saturated carbocycles. The van der Waals surface area contributed by atoms with Gasteiger partial charge in [-0.2, -0.15) is 4.98 Å². The minimum atomic E-state index is -0.435. The van der Waals surface area contributed by atoms with Gasteiger partial charge in [-0.25, -0.2) is 4.79 Å². The molecule has 0 aliphatic carbocycles. The molecule has 0 bridgehead atoms. The Morgan fingerprint density at radius 3 is 2.51 bits per heavy atom. The average Bonchev–Trinajstić information content (AvgIpc) is 3.61. The van der Waals surface area contributed by atoms with Crippen LogP contribution in [0.4, 0.5) is 4.79 Å². The van der Waals surface area contributed by atoms with Gasteiger partial charge < -0.3 is 19.3 Å². The van der Waals surface area contributed by atoms with E-state index in [9.17, 15) is 4.79 Å². The summed E-state index contributed by atoms with van der Waals surface area (Å²) >= 11 is 0. The highest BCUT2D eigenvalue weighted by atomic mass is 16.7. The van der Waals surface area contributed by atoms with Gasteiger partial charge in [0.05, 0.1) is 18.2 Å². The zero-order valence-electron chi connectivity index (χ0n) is 20.6. The normalized spacial score (nSPS) is 16.8. The van der Waals surface area contributed by atoms with Crippen LogP contribution in [0.15, 0.2) is 83.0 Å². The molecule has 8 nitrogen and oxygen atoms in total. The van der Waals surface area contributed by atoms with Crippen LogP contribution in [0.1, 0.15) is 42.5 Å². The minimum absolute atomic E-state index is 0.200. The maximum Gasteiger partial charge on any atom is 0.322 e. The molecular formula is C29H26N4O4. The SMILES string of the molecule is CCc1ccc(C2NC(=O)N(Cc3ccc4c(c3)OCO4)C(C)=C2c2nc(-c3ccccc3)no2)cc1. The zero-order valence-corrected chi connectivity index (χ0v) is 20.6. The Morgan fingerprint density at radius 2 is 1.73 bits per heavy atom. The summed E-state index contributed by atoms with van der Waals surface area (Å²) in [5, 5.41) is 7.40. The predicted octanol–water partition coefficient (Wildman–Crippen LogP) is 5.73. The van der Waals surface area contributed by atoms with Gasteiger partial charge in [0.15, 0.2) is 11.5 Å². The first-order valence-electron chi connectivity index (χ1n) is 12.3. The number of nitrogens with one attached hydrogen (secondary N) is 1. The van der Waals surface area contributed by atoms with E-state index in [0.717, 1.165) is 34.4 Å². The van der Waals surface area contributed by atoms with Crippen LogP contribution in [0, 0.1) is 0 Å². The number of hydrogen-bond acceptors (Lipinski definition) is 6. The molecule has 3 heterocycles. The van der Waals surface area contributed by atoms with E-state index in [1.165, 1.54) is 5.56 Å². The summed E-state index contributed by atoms with van der Waals surface area (Å²) in [7, 11) is 0. The summed E-state index contributed by atoms with van der Waals surface area (Å²) in [5.74, 6) is 2.25. The molecule has 6 rings (SSSR count). The number of carbonyl (C=O) groups excluding carboxylic acids is 1. The van der Waals surface area contributed by atoms with Gasteiger partial charge in [-0.1, -0.05) is 72.7 Å². The van der Waals surface area contributed by atoms with E-state index in [0.29, 0.717) is 29.8 Å². The summed E-state index contributed by atoms with van der Waals surface area (Å²) < 4.78 is 16.7. The van der Waals surface area contributed by atoms with Crippen molar-refractivity contribution in [3.8, 4) is 22.9 Å². The summed E-state index contributed by atoms with van der Waals surface area (Å²) in [6.45, 7) is 4.58. The monoisotopic (exact) mass is 494 g/mol. The first kappa shape index (κ1) is 22.8. The van der Waals surface area contributed by atoms with Crippen LogP contribution in [0.2, 0.25) is 0 Å². The number of hydrogen-bond donors (Lipinski definition) is 1. The molecule has 3 aromatic carbocycles. The van der Waals surface area contributed by atoms with E-state index < -0.39 is 6.04 Å². The van der Waals surface area contributed by atoms with Crippen molar-refractivity contribution < 1.29 is 18.8 Å². The zero-order chi connectivity index (χ0) is 25.4. The van der Waals surface area contributed by atoms with Gasteiger partial charge in [-0.15, -0.1) is 0 Å². The van der Waals surface area contributed by atoms with Crippen molar-refractivity contribution >= 4 is 11.6 Å². The Bertz CT molecular complexity index is 1480. The Labute approximate surface area is 214 Å². The van der Waals surface area contributed by atoms with Crippen molar-refractivity contribution in [1.29, 1.82) is 0 Å². The number of amides is 2. The molecule has 0 radical (unpaired) electrons. The molecule has 0 saturated heterocycles. The molecule has 1 aromatic heterocycles. The standard InChI is InChI=1S/C29H26N4O4/c1-3-19-9-12-21(13-10-19)26-25(28-31-27(32-37-28)22-7-5-4-6-8-22)18(2)33(29(34)30-26)16-20-11-14-23-24(15-20)36-17-35-23/h4-15,26H,3,16-17H2,1-2H3,(H,30,34). The maximum atomic E-state index is 13.4. The summed E-state index contributed by atoms with van der Waals surface area (Å²) in [5.41, 5.74) is 5.45. The smallest absolute Gasteiger partial charge is 0.322 e. The fraction of sp³-hybridized carbons (Fsp3) is 0.207. The summed E-state index contributed by atoms with van der Waals surface area (Å²) in [4.78, 5) is 19.8. The fourth-order valence-electron chi connectivity index (χ4n) is 4.70. The van der Waals surface area contributed by atoms with Gasteiger partial charge in [0.25, 0.3) is 5.89 Å². The second kappa shape index (κ2) is 9.46. The first-order chi connectivity index (χ1) is 18.1. The molecule has 2 aliphatic rings. The largest absolute Gasteiger partial charge is 0.454 e. The Kier molecular flexibility index (Phi) is 5.84. The number of aryl methyl sites for hydroxylation is 1. The van der Waals surface area contributed by atoms with Crippen molar-refractivity contribution in [1.82, 2.24) is 20.4 Å². The van der Waals surface area contributed by atoms with Gasteiger partial charge in [0, 0.05) is 11.3 Å². The van der Waals surface area contributed by atoms with Gasteiger partial charge in [-0.3, -0.25) is 4.90 Å². The lowest BCUT2D eigenvalue weighted by atomic mass is 9.93. The second-order valence-electron chi connectivity index (χ2n) is 9.04. The summed E-state index contributed by atoms with van der Waals surface area (Å²) in [6.07, 6.45) is 0.937. The second-order valence-corrected chi connectivity index (χ2v) is 9.04. The van der Waals surface area contributed by atoms with Crippen LogP contribution in [-0.2, 0) is 13.0 Å². The quantitative estimate of drug-likeness (QED) is 0.368. The molecule has 1 unspecified atom stereocenters. The number of urea groups is 1. The van der Waals surface area contributed by atoms with E-state index in [1.807, 2.05) is 67.6 Å². The van der Waals surface area contributed by atoms with Crippen LogP contribution in [0.3, 0.4) is 0 Å². The lowest BCUT2D eigenvalue weighted by Crippen LogP contribution is -2.45. The Hall–Kier alpha value is -4.59. The molecule has 186 valence electrons. The van der Waals surface area contributed by atoms with Crippen molar-refractivity contribution in [2.24, 2.45) is 0 Å². The van der Waals surface area contributed by atoms with Crippen molar-refractivity contribution in [3.63, 3.8) is 0 Å². The first-order valence-corrected chi connectivity index (χ1v) is 12.3. The number of allylic oxidation sites excluding steroid dienone is 1. The maximum absolute atomic E-state index is 13.4. The third-order valence-electron chi connectivity index (χ3n) is 6.78. The molecule has 0 spiro atoms. The highest BCUT2D eigenvalue weighted by Crippen LogP contribution is 2.39. The Balaban J connectivity index is 1.41. The highest BCUT2D eigenvalue weighted by molar-refractivity contribution is 5.87. The molecule has 2 amide bonds. The van der Waals surface area contributed by atoms with Crippen LogP contribution in [0.5, 0.6) is 11.5 Å². The number of benzene rings is 3. The van der Waals surface area contributed by atoms with E-state index in [1.54, 1.807) is 4.90 Å². The number of fused-ring (bicyclic) bond motifs is 1. The van der Waals surface area contributed by atoms with Gasteiger partial charge in [0.2, 0.25) is 12.6 Å². The number of rotatable bonds is 6. The third kappa shape index (κ3) is 4.31. The highest BCUT2D eigenvalue weighted by Gasteiger charge is 2.36. The van der Waals surface area contributed by atoms with Crippen molar-refractivity contribution in [3.05, 3.63) is 101 Å².